The summed E-state index contributed by atoms with van der Waals surface area (Å²) in [6, 6.07) is 16.4. The van der Waals surface area contributed by atoms with Gasteiger partial charge in [-0.3, -0.25) is 4.79 Å². The molecule has 0 saturated heterocycles. The molecule has 0 aliphatic rings. The van der Waals surface area contributed by atoms with Crippen molar-refractivity contribution in [2.75, 3.05) is 11.9 Å². The average molecular weight is 280 g/mol. The molecule has 1 amide bonds. The molecule has 1 N–H and O–H groups in total. The van der Waals surface area contributed by atoms with Crippen LogP contribution in [0.25, 0.3) is 0 Å². The van der Waals surface area contributed by atoms with Gasteiger partial charge in [-0.05, 0) is 48.4 Å². The Bertz CT molecular complexity index is 640. The van der Waals surface area contributed by atoms with Gasteiger partial charge in [0.25, 0.3) is 5.91 Å². The third-order valence-electron chi connectivity index (χ3n) is 3.04. The number of nitrogens with zero attached hydrogens (tertiary/aromatic N) is 1. The van der Waals surface area contributed by atoms with Gasteiger partial charge in [0.05, 0.1) is 0 Å². The quantitative estimate of drug-likeness (QED) is 0.913. The van der Waals surface area contributed by atoms with Crippen molar-refractivity contribution in [3.05, 3.63) is 59.7 Å². The van der Waals surface area contributed by atoms with E-state index in [1.807, 2.05) is 30.3 Å². The molecule has 0 aliphatic heterocycles. The summed E-state index contributed by atoms with van der Waals surface area (Å²) in [4.78, 5) is 12.1. The number of carbonyl (C=O) groups is 1. The average Bonchev–Trinajstić information content (AvgIpc) is 2.54. The molecule has 0 fully saturated rings. The lowest BCUT2D eigenvalue weighted by molar-refractivity contribution is 0.102. The number of nitrogens with one attached hydrogen (secondary N) is 1. The molecule has 0 aliphatic carbocycles. The van der Waals surface area contributed by atoms with E-state index in [2.05, 4.69) is 12.2 Å². The molecule has 0 unspecified atom stereocenters. The van der Waals surface area contributed by atoms with E-state index in [1.54, 1.807) is 24.3 Å². The number of carbonyl (C=O) groups excluding carboxylic acids is 1. The SMILES string of the molecule is CCc1ccc(C(=O)Nc2ccc(OCC#N)cc2)cc1. The first kappa shape index (κ1) is 14.6. The number of nitriles is 1. The fourth-order valence-electron chi connectivity index (χ4n) is 1.85. The summed E-state index contributed by atoms with van der Waals surface area (Å²) in [5.41, 5.74) is 2.51. The normalized spacial score (nSPS) is 9.71. The lowest BCUT2D eigenvalue weighted by Gasteiger charge is -2.07. The summed E-state index contributed by atoms with van der Waals surface area (Å²) in [6.07, 6.45) is 0.950. The number of rotatable bonds is 5. The summed E-state index contributed by atoms with van der Waals surface area (Å²) >= 11 is 0. The van der Waals surface area contributed by atoms with Gasteiger partial charge < -0.3 is 10.1 Å². The molecule has 0 saturated carbocycles. The van der Waals surface area contributed by atoms with E-state index >= 15 is 0 Å². The first-order valence-corrected chi connectivity index (χ1v) is 6.73. The van der Waals surface area contributed by atoms with Crippen LogP contribution in [0.4, 0.5) is 5.69 Å². The predicted octanol–water partition coefficient (Wildman–Crippen LogP) is 3.40. The maximum absolute atomic E-state index is 12.1. The summed E-state index contributed by atoms with van der Waals surface area (Å²) in [6.45, 7) is 2.08. The third-order valence-corrected chi connectivity index (χ3v) is 3.04. The maximum atomic E-state index is 12.1. The number of ether oxygens (including phenoxy) is 1. The van der Waals surface area contributed by atoms with Crippen LogP contribution in [0.3, 0.4) is 0 Å². The van der Waals surface area contributed by atoms with Crippen molar-refractivity contribution >= 4 is 11.6 Å². The molecule has 4 heteroatoms. The molecule has 2 rings (SSSR count). The van der Waals surface area contributed by atoms with E-state index in [1.165, 1.54) is 5.56 Å². The van der Waals surface area contributed by atoms with Crippen molar-refractivity contribution in [1.82, 2.24) is 0 Å². The standard InChI is InChI=1S/C17H16N2O2/c1-2-13-3-5-14(6-4-13)17(20)19-15-7-9-16(10-8-15)21-12-11-18/h3-10H,2,12H2,1H3,(H,19,20). The molecule has 0 radical (unpaired) electrons. The predicted molar refractivity (Wildman–Crippen MR) is 81.3 cm³/mol. The molecular formula is C17H16N2O2. The lowest BCUT2D eigenvalue weighted by atomic mass is 10.1. The molecule has 0 heterocycles. The van der Waals surface area contributed by atoms with Crippen LogP contribution in [0, 0.1) is 11.3 Å². The summed E-state index contributed by atoms with van der Waals surface area (Å²) in [7, 11) is 0. The van der Waals surface area contributed by atoms with Gasteiger partial charge in [-0.15, -0.1) is 0 Å². The number of aryl methyl sites for hydroxylation is 1. The van der Waals surface area contributed by atoms with Crippen molar-refractivity contribution in [3.8, 4) is 11.8 Å². The van der Waals surface area contributed by atoms with Gasteiger partial charge in [-0.2, -0.15) is 5.26 Å². The fourth-order valence-corrected chi connectivity index (χ4v) is 1.85. The van der Waals surface area contributed by atoms with Crippen LogP contribution in [0.15, 0.2) is 48.5 Å². The maximum Gasteiger partial charge on any atom is 0.255 e. The first-order chi connectivity index (χ1) is 10.2. The number of hydrogen-bond donors (Lipinski definition) is 1. The van der Waals surface area contributed by atoms with Crippen LogP contribution in [0.1, 0.15) is 22.8 Å². The Hall–Kier alpha value is -2.80. The van der Waals surface area contributed by atoms with Crippen LogP contribution in [0.5, 0.6) is 5.75 Å². The second kappa shape index (κ2) is 7.11. The van der Waals surface area contributed by atoms with Gasteiger partial charge in [0.2, 0.25) is 0 Å². The zero-order chi connectivity index (χ0) is 15.1. The highest BCUT2D eigenvalue weighted by molar-refractivity contribution is 6.04. The van der Waals surface area contributed by atoms with Crippen molar-refractivity contribution in [3.63, 3.8) is 0 Å². The Morgan fingerprint density at radius 1 is 1.14 bits per heavy atom. The Balaban J connectivity index is 2.00. The number of anilines is 1. The van der Waals surface area contributed by atoms with E-state index < -0.39 is 0 Å². The second-order valence-corrected chi connectivity index (χ2v) is 4.48. The molecular weight excluding hydrogens is 264 g/mol. The molecule has 0 spiro atoms. The van der Waals surface area contributed by atoms with Crippen LogP contribution < -0.4 is 10.1 Å². The summed E-state index contributed by atoms with van der Waals surface area (Å²) in [5.74, 6) is 0.449. The van der Waals surface area contributed by atoms with Crippen LogP contribution >= 0.6 is 0 Å². The highest BCUT2D eigenvalue weighted by Gasteiger charge is 2.06. The van der Waals surface area contributed by atoms with E-state index in [-0.39, 0.29) is 12.5 Å². The van der Waals surface area contributed by atoms with Crippen LogP contribution in [-0.4, -0.2) is 12.5 Å². The molecule has 4 nitrogen and oxygen atoms in total. The lowest BCUT2D eigenvalue weighted by Crippen LogP contribution is -2.11. The topological polar surface area (TPSA) is 62.1 Å². The Kier molecular flexibility index (Phi) is 4.94. The Morgan fingerprint density at radius 2 is 1.81 bits per heavy atom. The highest BCUT2D eigenvalue weighted by atomic mass is 16.5. The summed E-state index contributed by atoms with van der Waals surface area (Å²) < 4.78 is 5.15. The number of amides is 1. The Labute approximate surface area is 124 Å². The van der Waals surface area contributed by atoms with Crippen molar-refractivity contribution in [1.29, 1.82) is 5.26 Å². The third kappa shape index (κ3) is 4.08. The number of hydrogen-bond acceptors (Lipinski definition) is 3. The van der Waals surface area contributed by atoms with Crippen LogP contribution in [0.2, 0.25) is 0 Å². The summed E-state index contributed by atoms with van der Waals surface area (Å²) in [5, 5.41) is 11.3. The van der Waals surface area contributed by atoms with Gasteiger partial charge in [-0.25, -0.2) is 0 Å². The van der Waals surface area contributed by atoms with Crippen molar-refractivity contribution in [2.45, 2.75) is 13.3 Å². The van der Waals surface area contributed by atoms with Gasteiger partial charge in [0.15, 0.2) is 6.61 Å². The monoisotopic (exact) mass is 280 g/mol. The second-order valence-electron chi connectivity index (χ2n) is 4.48. The zero-order valence-electron chi connectivity index (χ0n) is 11.8. The molecule has 21 heavy (non-hydrogen) atoms. The molecule has 106 valence electrons. The molecule has 2 aromatic rings. The van der Waals surface area contributed by atoms with Crippen LogP contribution in [-0.2, 0) is 6.42 Å². The van der Waals surface area contributed by atoms with E-state index in [4.69, 9.17) is 10.00 Å². The smallest absolute Gasteiger partial charge is 0.255 e. The first-order valence-electron chi connectivity index (χ1n) is 6.73. The van der Waals surface area contributed by atoms with Gasteiger partial charge in [0, 0.05) is 11.3 Å². The Morgan fingerprint density at radius 3 is 2.38 bits per heavy atom. The minimum Gasteiger partial charge on any atom is -0.479 e. The van der Waals surface area contributed by atoms with Gasteiger partial charge in [-0.1, -0.05) is 19.1 Å². The minimum absolute atomic E-state index is 0.00941. The molecule has 0 atom stereocenters. The largest absolute Gasteiger partial charge is 0.479 e. The van der Waals surface area contributed by atoms with E-state index in [0.717, 1.165) is 6.42 Å². The molecule has 2 aromatic carbocycles. The molecule has 0 bridgehead atoms. The fraction of sp³-hybridized carbons (Fsp3) is 0.176. The minimum atomic E-state index is -0.150. The molecule has 0 aromatic heterocycles. The van der Waals surface area contributed by atoms with Gasteiger partial charge in [0.1, 0.15) is 11.8 Å². The van der Waals surface area contributed by atoms with E-state index in [9.17, 15) is 4.79 Å². The zero-order valence-corrected chi connectivity index (χ0v) is 11.8. The van der Waals surface area contributed by atoms with Gasteiger partial charge >= 0.3 is 0 Å². The van der Waals surface area contributed by atoms with Crippen molar-refractivity contribution < 1.29 is 9.53 Å². The number of benzene rings is 2. The van der Waals surface area contributed by atoms with E-state index in [0.29, 0.717) is 17.0 Å². The van der Waals surface area contributed by atoms with Crippen molar-refractivity contribution in [2.24, 2.45) is 0 Å². The highest BCUT2D eigenvalue weighted by Crippen LogP contribution is 2.16.